The molecule has 2 amide bonds. The molecule has 1 N–H and O–H groups in total. The number of amides is 2. The van der Waals surface area contributed by atoms with Crippen molar-refractivity contribution < 1.29 is 9.59 Å². The number of nitrogens with zero attached hydrogens (tertiary/aromatic N) is 2. The van der Waals surface area contributed by atoms with Crippen LogP contribution in [-0.4, -0.2) is 41.9 Å². The predicted molar refractivity (Wildman–Crippen MR) is 95.8 cm³/mol. The number of carbonyl (C=O) groups excluding carboxylic acids is 2. The summed E-state index contributed by atoms with van der Waals surface area (Å²) in [6, 6.07) is 7.77. The van der Waals surface area contributed by atoms with Crippen molar-refractivity contribution in [3.05, 3.63) is 24.3 Å². The Bertz CT molecular complexity index is 528. The van der Waals surface area contributed by atoms with Gasteiger partial charge in [0.1, 0.15) is 6.54 Å². The van der Waals surface area contributed by atoms with Gasteiger partial charge >= 0.3 is 0 Å². The molecule has 0 saturated heterocycles. The molecular weight excluding hydrogens is 290 g/mol. The molecule has 1 aromatic rings. The number of rotatable bonds is 6. The molecule has 0 atom stereocenters. The van der Waals surface area contributed by atoms with E-state index in [-0.39, 0.29) is 23.9 Å². The van der Waals surface area contributed by atoms with Gasteiger partial charge in [-0.25, -0.2) is 0 Å². The standard InChI is InChI=1S/C18H29N3O2/c1-7-20(8-2)16-11-9-15(10-12-16)19-17(23)13-21(14(3)22)18(4,5)6/h9-12H,7-8,13H2,1-6H3,(H,19,23). The highest BCUT2D eigenvalue weighted by Crippen LogP contribution is 2.18. The highest BCUT2D eigenvalue weighted by atomic mass is 16.2. The van der Waals surface area contributed by atoms with Crippen molar-refractivity contribution in [3.8, 4) is 0 Å². The Morgan fingerprint density at radius 2 is 1.57 bits per heavy atom. The van der Waals surface area contributed by atoms with Crippen LogP contribution in [0.1, 0.15) is 41.5 Å². The van der Waals surface area contributed by atoms with Crippen LogP contribution in [0.4, 0.5) is 11.4 Å². The first-order chi connectivity index (χ1) is 10.7. The van der Waals surface area contributed by atoms with Gasteiger partial charge in [-0.05, 0) is 58.9 Å². The third kappa shape index (κ3) is 5.58. The average Bonchev–Trinajstić information content (AvgIpc) is 2.46. The fourth-order valence-electron chi connectivity index (χ4n) is 2.51. The lowest BCUT2D eigenvalue weighted by Gasteiger charge is -2.34. The molecule has 0 spiro atoms. The average molecular weight is 319 g/mol. The number of carbonyl (C=O) groups is 2. The fraction of sp³-hybridized carbons (Fsp3) is 0.556. The van der Waals surface area contributed by atoms with Crippen LogP contribution in [0.25, 0.3) is 0 Å². The Kier molecular flexibility index (Phi) is 6.61. The lowest BCUT2D eigenvalue weighted by atomic mass is 10.1. The lowest BCUT2D eigenvalue weighted by Crippen LogP contribution is -2.48. The summed E-state index contributed by atoms with van der Waals surface area (Å²) >= 11 is 0. The Morgan fingerprint density at radius 3 is 1.96 bits per heavy atom. The van der Waals surface area contributed by atoms with Gasteiger partial charge < -0.3 is 15.1 Å². The first-order valence-corrected chi connectivity index (χ1v) is 8.12. The molecule has 0 aliphatic heterocycles. The van der Waals surface area contributed by atoms with Crippen molar-refractivity contribution in [3.63, 3.8) is 0 Å². The Morgan fingerprint density at radius 1 is 1.04 bits per heavy atom. The number of hydrogen-bond acceptors (Lipinski definition) is 3. The van der Waals surface area contributed by atoms with Gasteiger partial charge in [0.25, 0.3) is 0 Å². The number of benzene rings is 1. The first-order valence-electron chi connectivity index (χ1n) is 8.12. The first kappa shape index (κ1) is 19.0. The van der Waals surface area contributed by atoms with E-state index in [4.69, 9.17) is 0 Å². The third-order valence-corrected chi connectivity index (χ3v) is 3.77. The van der Waals surface area contributed by atoms with Crippen LogP contribution < -0.4 is 10.2 Å². The molecule has 0 aliphatic rings. The maximum atomic E-state index is 12.2. The van der Waals surface area contributed by atoms with Gasteiger partial charge in [-0.15, -0.1) is 0 Å². The minimum absolute atomic E-state index is 0.0522. The molecule has 1 rings (SSSR count). The van der Waals surface area contributed by atoms with Gasteiger partial charge in [-0.3, -0.25) is 9.59 Å². The minimum Gasteiger partial charge on any atom is -0.372 e. The van der Waals surface area contributed by atoms with Crippen molar-refractivity contribution in [2.24, 2.45) is 0 Å². The molecule has 23 heavy (non-hydrogen) atoms. The van der Waals surface area contributed by atoms with Crippen LogP contribution in [-0.2, 0) is 9.59 Å². The number of nitrogens with one attached hydrogen (secondary N) is 1. The SMILES string of the molecule is CCN(CC)c1ccc(NC(=O)CN(C(C)=O)C(C)(C)C)cc1. The van der Waals surface area contributed by atoms with E-state index in [2.05, 4.69) is 24.1 Å². The predicted octanol–water partition coefficient (Wildman–Crippen LogP) is 3.12. The Hall–Kier alpha value is -2.04. The van der Waals surface area contributed by atoms with E-state index in [1.165, 1.54) is 6.92 Å². The van der Waals surface area contributed by atoms with E-state index in [0.29, 0.717) is 0 Å². The van der Waals surface area contributed by atoms with E-state index >= 15 is 0 Å². The van der Waals surface area contributed by atoms with Gasteiger partial charge in [0.2, 0.25) is 11.8 Å². The normalized spacial score (nSPS) is 11.0. The quantitative estimate of drug-likeness (QED) is 0.876. The fourth-order valence-corrected chi connectivity index (χ4v) is 2.51. The molecule has 128 valence electrons. The third-order valence-electron chi connectivity index (χ3n) is 3.77. The molecule has 0 aromatic heterocycles. The van der Waals surface area contributed by atoms with Gasteiger partial charge in [0.05, 0.1) is 0 Å². The van der Waals surface area contributed by atoms with Crippen molar-refractivity contribution in [1.82, 2.24) is 4.90 Å². The summed E-state index contributed by atoms with van der Waals surface area (Å²) in [5.74, 6) is -0.296. The van der Waals surface area contributed by atoms with Gasteiger partial charge in [0.15, 0.2) is 0 Å². The molecule has 5 heteroatoms. The van der Waals surface area contributed by atoms with Gasteiger partial charge in [-0.1, -0.05) is 0 Å². The van der Waals surface area contributed by atoms with E-state index in [0.717, 1.165) is 24.5 Å². The zero-order valence-corrected chi connectivity index (χ0v) is 15.1. The second-order valence-electron chi connectivity index (χ2n) is 6.54. The largest absolute Gasteiger partial charge is 0.372 e. The highest BCUT2D eigenvalue weighted by molar-refractivity contribution is 5.94. The maximum absolute atomic E-state index is 12.2. The molecule has 0 saturated carbocycles. The summed E-state index contributed by atoms with van der Waals surface area (Å²) < 4.78 is 0. The minimum atomic E-state index is -0.379. The molecule has 0 fully saturated rings. The van der Waals surface area contributed by atoms with E-state index in [9.17, 15) is 9.59 Å². The summed E-state index contributed by atoms with van der Waals surface area (Å²) in [7, 11) is 0. The molecule has 0 unspecified atom stereocenters. The number of anilines is 2. The molecule has 0 heterocycles. The smallest absolute Gasteiger partial charge is 0.244 e. The lowest BCUT2D eigenvalue weighted by molar-refractivity contribution is -0.137. The molecule has 0 bridgehead atoms. The van der Waals surface area contributed by atoms with E-state index in [1.807, 2.05) is 45.0 Å². The van der Waals surface area contributed by atoms with Crippen LogP contribution >= 0.6 is 0 Å². The summed E-state index contributed by atoms with van der Waals surface area (Å²) in [6.45, 7) is 13.4. The molecule has 1 aromatic carbocycles. The zero-order valence-electron chi connectivity index (χ0n) is 15.1. The van der Waals surface area contributed by atoms with E-state index < -0.39 is 0 Å². The van der Waals surface area contributed by atoms with Crippen molar-refractivity contribution >= 4 is 23.2 Å². The molecule has 0 aliphatic carbocycles. The monoisotopic (exact) mass is 319 g/mol. The second kappa shape index (κ2) is 7.99. The highest BCUT2D eigenvalue weighted by Gasteiger charge is 2.25. The second-order valence-corrected chi connectivity index (χ2v) is 6.54. The summed E-state index contributed by atoms with van der Waals surface area (Å²) in [4.78, 5) is 27.7. The maximum Gasteiger partial charge on any atom is 0.244 e. The van der Waals surface area contributed by atoms with Crippen LogP contribution in [0.3, 0.4) is 0 Å². The summed E-state index contributed by atoms with van der Waals surface area (Å²) in [6.07, 6.45) is 0. The summed E-state index contributed by atoms with van der Waals surface area (Å²) in [5, 5.41) is 2.85. The van der Waals surface area contributed by atoms with Crippen molar-refractivity contribution in [1.29, 1.82) is 0 Å². The van der Waals surface area contributed by atoms with Gasteiger partial charge in [0, 0.05) is 36.9 Å². The van der Waals surface area contributed by atoms with Crippen LogP contribution in [0.2, 0.25) is 0 Å². The van der Waals surface area contributed by atoms with Crippen LogP contribution in [0.5, 0.6) is 0 Å². The molecule has 0 radical (unpaired) electrons. The van der Waals surface area contributed by atoms with Crippen molar-refractivity contribution in [2.75, 3.05) is 29.9 Å². The van der Waals surface area contributed by atoms with Gasteiger partial charge in [-0.2, -0.15) is 0 Å². The Labute approximate surface area is 139 Å². The zero-order chi connectivity index (χ0) is 17.6. The topological polar surface area (TPSA) is 52.7 Å². The number of hydrogen-bond donors (Lipinski definition) is 1. The van der Waals surface area contributed by atoms with Crippen molar-refractivity contribution in [2.45, 2.75) is 47.1 Å². The van der Waals surface area contributed by atoms with E-state index in [1.54, 1.807) is 4.90 Å². The molecular formula is C18H29N3O2. The molecule has 5 nitrogen and oxygen atoms in total. The van der Waals surface area contributed by atoms with Crippen LogP contribution in [0, 0.1) is 0 Å². The summed E-state index contributed by atoms with van der Waals surface area (Å²) in [5.41, 5.74) is 1.49. The van der Waals surface area contributed by atoms with Crippen LogP contribution in [0.15, 0.2) is 24.3 Å². The Balaban J connectivity index is 2.72.